The highest BCUT2D eigenvalue weighted by Crippen LogP contribution is 2.37. The van der Waals surface area contributed by atoms with Gasteiger partial charge in [-0.1, -0.05) is 294 Å². The molecule has 0 saturated heterocycles. The Kier molecular flexibility index (Phi) is 21.6. The molecule has 6 heterocycles. The molecule has 106 heavy (non-hydrogen) atoms. The highest BCUT2D eigenvalue weighted by Gasteiger charge is 2.26. The average Bonchev–Trinajstić information content (AvgIpc) is 0.762. The van der Waals surface area contributed by atoms with Crippen LogP contribution in [0, 0.1) is 41.5 Å². The summed E-state index contributed by atoms with van der Waals surface area (Å²) in [6.07, 6.45) is 0. The highest BCUT2D eigenvalue weighted by molar-refractivity contribution is 6.10. The van der Waals surface area contributed by atoms with Crippen molar-refractivity contribution < 1.29 is 0 Å². The van der Waals surface area contributed by atoms with Crippen molar-refractivity contribution in [3.8, 4) is 0 Å². The van der Waals surface area contributed by atoms with Crippen LogP contribution >= 0.6 is 0 Å². The monoisotopic (exact) mass is 1400 g/mol. The number of hydrogen-bond donors (Lipinski definition) is 0. The van der Waals surface area contributed by atoms with Crippen LogP contribution in [0.1, 0.15) is 194 Å². The van der Waals surface area contributed by atoms with Gasteiger partial charge in [0.15, 0.2) is 0 Å². The van der Waals surface area contributed by atoms with E-state index in [-0.39, 0.29) is 32.5 Å². The first-order chi connectivity index (χ1) is 49.8. The third-order valence-electron chi connectivity index (χ3n) is 18.6. The van der Waals surface area contributed by atoms with E-state index < -0.39 is 0 Å². The maximum atomic E-state index is 4.82. The Balaban J connectivity index is 0.000000127. The molecule has 0 atom stereocenters. The Hall–Kier alpha value is -10.7. The van der Waals surface area contributed by atoms with Crippen LogP contribution in [-0.2, 0) is 32.5 Å². The Morgan fingerprint density at radius 2 is 0.500 bits per heavy atom. The molecule has 0 bridgehead atoms. The predicted octanol–water partition coefficient (Wildman–Crippen LogP) is 24.0. The Labute approximate surface area is 626 Å². The van der Waals surface area contributed by atoms with Gasteiger partial charge in [0.2, 0.25) is 0 Å². The molecule has 12 heteroatoms. The summed E-state index contributed by atoms with van der Waals surface area (Å²) in [6.45, 7) is 51.1. The van der Waals surface area contributed by atoms with Crippen molar-refractivity contribution in [3.05, 3.63) is 263 Å². The second-order valence-electron chi connectivity index (χ2n) is 34.0. The second-order valence-corrected chi connectivity index (χ2v) is 34.0. The zero-order chi connectivity index (χ0) is 76.6. The van der Waals surface area contributed by atoms with Gasteiger partial charge in [-0.25, -0.2) is 59.8 Å². The van der Waals surface area contributed by atoms with Gasteiger partial charge in [-0.2, -0.15) is 0 Å². The second kappa shape index (κ2) is 30.0. The third kappa shape index (κ3) is 17.1. The summed E-state index contributed by atoms with van der Waals surface area (Å²) in [5.74, 6) is 5.26. The van der Waals surface area contributed by atoms with Crippen molar-refractivity contribution in [2.45, 2.75) is 199 Å². The number of aryl methyl sites for hydroxylation is 6. The molecule has 0 aliphatic heterocycles. The van der Waals surface area contributed by atoms with Gasteiger partial charge in [0.25, 0.3) is 0 Å². The van der Waals surface area contributed by atoms with Gasteiger partial charge >= 0.3 is 0 Å². The molecular weight excluding hydrogens is 1300 g/mol. The fourth-order valence-electron chi connectivity index (χ4n) is 13.2. The molecule has 0 radical (unpaired) electrons. The number of nitrogens with zero attached hydrogens (tertiary/aromatic N) is 12. The zero-order valence-electron chi connectivity index (χ0n) is 66.8. The lowest BCUT2D eigenvalue weighted by Gasteiger charge is -2.21. The van der Waals surface area contributed by atoms with Gasteiger partial charge in [0.05, 0.1) is 50.2 Å². The molecule has 10 aromatic carbocycles. The minimum atomic E-state index is -0.0319. The predicted molar refractivity (Wildman–Crippen MR) is 448 cm³/mol. The van der Waals surface area contributed by atoms with Gasteiger partial charge in [0.1, 0.15) is 34.9 Å². The van der Waals surface area contributed by atoms with E-state index in [1.807, 2.05) is 64.1 Å². The minimum absolute atomic E-state index is 0.00872. The fraction of sp³-hybridized carbons (Fsp3) is 0.319. The van der Waals surface area contributed by atoms with E-state index in [2.05, 4.69) is 336 Å². The lowest BCUT2D eigenvalue weighted by atomic mass is 9.87. The zero-order valence-corrected chi connectivity index (χ0v) is 66.8. The quantitative estimate of drug-likeness (QED) is 0.133. The van der Waals surface area contributed by atoms with Gasteiger partial charge in [0, 0.05) is 92.7 Å². The summed E-state index contributed by atoms with van der Waals surface area (Å²) in [5, 5.41) is 16.8. The van der Waals surface area contributed by atoms with Crippen LogP contribution in [-0.4, -0.2) is 59.8 Å². The van der Waals surface area contributed by atoms with E-state index in [0.29, 0.717) is 0 Å². The van der Waals surface area contributed by atoms with E-state index in [1.54, 1.807) is 0 Å². The lowest BCUT2D eigenvalue weighted by molar-refractivity contribution is 0.546. The van der Waals surface area contributed by atoms with Crippen molar-refractivity contribution in [2.24, 2.45) is 0 Å². The van der Waals surface area contributed by atoms with Crippen LogP contribution in [0.2, 0.25) is 0 Å². The summed E-state index contributed by atoms with van der Waals surface area (Å²) >= 11 is 0. The van der Waals surface area contributed by atoms with E-state index in [0.717, 1.165) is 124 Å². The lowest BCUT2D eigenvalue weighted by Crippen LogP contribution is -2.16. The summed E-state index contributed by atoms with van der Waals surface area (Å²) in [7, 11) is 0. The molecule has 0 fully saturated rings. The van der Waals surface area contributed by atoms with E-state index in [4.69, 9.17) is 19.9 Å². The Bertz CT molecular complexity index is 5880. The fourth-order valence-corrected chi connectivity index (χ4v) is 13.2. The van der Waals surface area contributed by atoms with Crippen LogP contribution < -0.4 is 0 Å². The molecule has 0 spiro atoms. The summed E-state index contributed by atoms with van der Waals surface area (Å²) < 4.78 is 0. The summed E-state index contributed by atoms with van der Waals surface area (Å²) in [5.41, 5.74) is 12.9. The van der Waals surface area contributed by atoms with Crippen molar-refractivity contribution >= 4 is 109 Å². The molecule has 0 saturated carbocycles. The van der Waals surface area contributed by atoms with E-state index in [9.17, 15) is 0 Å². The molecule has 0 N–H and O–H groups in total. The van der Waals surface area contributed by atoms with Crippen LogP contribution in [0.3, 0.4) is 0 Å². The number of benzene rings is 10. The van der Waals surface area contributed by atoms with Crippen LogP contribution in [0.15, 0.2) is 194 Å². The Morgan fingerprint density at radius 1 is 0.189 bits per heavy atom. The first-order valence-electron chi connectivity index (χ1n) is 37.0. The third-order valence-corrected chi connectivity index (χ3v) is 18.6. The van der Waals surface area contributed by atoms with Gasteiger partial charge < -0.3 is 0 Å². The summed E-state index contributed by atoms with van der Waals surface area (Å²) in [4.78, 5) is 55.7. The average molecular weight is 1400 g/mol. The number of hydrogen-bond acceptors (Lipinski definition) is 12. The normalized spacial score (nSPS) is 12.2. The van der Waals surface area contributed by atoms with Crippen molar-refractivity contribution in [1.29, 1.82) is 0 Å². The Morgan fingerprint density at radius 3 is 0.981 bits per heavy atom. The smallest absolute Gasteiger partial charge is 0.134 e. The first-order valence-corrected chi connectivity index (χ1v) is 37.0. The van der Waals surface area contributed by atoms with Crippen LogP contribution in [0.4, 0.5) is 0 Å². The van der Waals surface area contributed by atoms with E-state index in [1.165, 1.54) is 53.9 Å². The van der Waals surface area contributed by atoms with Crippen LogP contribution in [0.25, 0.3) is 109 Å². The van der Waals surface area contributed by atoms with Crippen molar-refractivity contribution in [3.63, 3.8) is 0 Å². The maximum Gasteiger partial charge on any atom is 0.134 e. The molecule has 0 amide bonds. The molecule has 0 unspecified atom stereocenters. The molecular formula is C94H104N12. The molecule has 12 nitrogen and oxygen atoms in total. The standard InChI is InChI=1S/4C17H18N2.2C13H16N2/c1-11-13-10-9-12-7-5-6-8-14(12)15(13)19-16(18-11)17(2,3)4;1-11-18-14-10-9-12-7-5-6-8-13(12)15(14)16(19-11)17(2,3)4;1-11-18-15-13-8-6-5-7-12(13)9-10-14(15)16(19-11)17(2,3)4;1-11-15-13-8-6-5-7-12(13)9-10-14(15)19-16(18-11)17(2,3)4;1-9-14-11-8-6-5-7-10(11)12(15-9)13(2,3)4;1-9-10-7-5-6-8-11(10)15-12(14-9)13(2,3)4/h4*5-10H,1-4H3;2*5-8H,1-4H3. The number of fused-ring (bicyclic) bond motifs is 14. The number of para-hydroxylation sites is 2. The van der Waals surface area contributed by atoms with Gasteiger partial charge in [-0.3, -0.25) is 0 Å². The number of rotatable bonds is 0. The van der Waals surface area contributed by atoms with Gasteiger partial charge in [-0.05, 0) is 98.1 Å². The SMILES string of the molecule is Cc1nc(C(C)(C)C)c2c(ccc3ccccc32)n1.Cc1nc(C(C)(C)C)c2ccc3ccccc3c2n1.Cc1nc(C(C)(C)C)c2ccccc2n1.Cc1nc(C(C)(C)C)nc2c1ccc1ccccc12.Cc1nc(C(C)(C)C)nc2ccc3ccccc3c12.Cc1nc(C(C)(C)C)nc2ccccc12. The highest BCUT2D eigenvalue weighted by atomic mass is 14.9. The summed E-state index contributed by atoms with van der Waals surface area (Å²) in [6, 6.07) is 67.0. The topological polar surface area (TPSA) is 155 Å². The molecule has 16 aromatic rings. The molecule has 0 aliphatic rings. The molecule has 6 aromatic heterocycles. The van der Waals surface area contributed by atoms with Crippen molar-refractivity contribution in [2.75, 3.05) is 0 Å². The first kappa shape index (κ1) is 76.4. The largest absolute Gasteiger partial charge is 0.237 e. The van der Waals surface area contributed by atoms with E-state index >= 15 is 0 Å². The molecule has 16 rings (SSSR count). The molecule has 540 valence electrons. The molecule has 0 aliphatic carbocycles. The maximum absolute atomic E-state index is 4.82. The van der Waals surface area contributed by atoms with Crippen LogP contribution in [0.5, 0.6) is 0 Å². The minimum Gasteiger partial charge on any atom is -0.237 e. The number of aromatic nitrogens is 12. The van der Waals surface area contributed by atoms with Crippen molar-refractivity contribution in [1.82, 2.24) is 59.8 Å². The van der Waals surface area contributed by atoms with Gasteiger partial charge in [-0.15, -0.1) is 0 Å².